The van der Waals surface area contributed by atoms with Crippen molar-refractivity contribution in [1.29, 1.82) is 0 Å². The first kappa shape index (κ1) is 17.6. The number of carboxylic acid groups (broad SMARTS) is 1. The predicted molar refractivity (Wildman–Crippen MR) is 89.9 cm³/mol. The zero-order valence-electron chi connectivity index (χ0n) is 14.0. The van der Waals surface area contributed by atoms with E-state index in [1.807, 2.05) is 19.9 Å². The summed E-state index contributed by atoms with van der Waals surface area (Å²) in [5.74, 6) is -1.31. The molecule has 2 aromatic rings. The molecule has 0 saturated carbocycles. The summed E-state index contributed by atoms with van der Waals surface area (Å²) in [6, 6.07) is 8.86. The molecular weight excluding hydrogens is 306 g/mol. The zero-order valence-corrected chi connectivity index (χ0v) is 14.0. The molecule has 1 aromatic heterocycles. The van der Waals surface area contributed by atoms with Crippen LogP contribution in [0.1, 0.15) is 48.3 Å². The minimum absolute atomic E-state index is 0.0301. The molecule has 24 heavy (non-hydrogen) atoms. The summed E-state index contributed by atoms with van der Waals surface area (Å²) in [6.45, 7) is 5.43. The average molecular weight is 327 g/mol. The van der Waals surface area contributed by atoms with Gasteiger partial charge >= 0.3 is 5.97 Å². The zero-order chi connectivity index (χ0) is 17.7. The number of benzene rings is 1. The third kappa shape index (κ3) is 3.59. The van der Waals surface area contributed by atoms with E-state index in [-0.39, 0.29) is 18.4 Å². The van der Waals surface area contributed by atoms with Crippen molar-refractivity contribution in [2.24, 2.45) is 0 Å². The molecule has 1 unspecified atom stereocenters. The van der Waals surface area contributed by atoms with Crippen LogP contribution < -0.4 is 5.32 Å². The minimum atomic E-state index is -1.22. The van der Waals surface area contributed by atoms with Crippen LogP contribution in [-0.2, 0) is 10.2 Å². The van der Waals surface area contributed by atoms with E-state index < -0.39 is 11.4 Å². The molecule has 6 heteroatoms. The predicted octanol–water partition coefficient (Wildman–Crippen LogP) is 2.37. The summed E-state index contributed by atoms with van der Waals surface area (Å²) in [7, 11) is 0. The molecule has 1 atom stereocenters. The molecule has 0 bridgehead atoms. The van der Waals surface area contributed by atoms with E-state index in [1.54, 1.807) is 31.2 Å². The van der Waals surface area contributed by atoms with Crippen LogP contribution in [0, 0.1) is 0 Å². The summed E-state index contributed by atoms with van der Waals surface area (Å²) in [6.07, 6.45) is 2.86. The van der Waals surface area contributed by atoms with Gasteiger partial charge in [0.25, 0.3) is 5.91 Å². The lowest BCUT2D eigenvalue weighted by atomic mass is 9.82. The van der Waals surface area contributed by atoms with Crippen LogP contribution in [0.3, 0.4) is 0 Å². The summed E-state index contributed by atoms with van der Waals surface area (Å²) in [5, 5.41) is 12.4. The number of carbonyl (C=O) groups is 2. The smallest absolute Gasteiger partial charge is 0.315 e. The Hall–Kier alpha value is -2.76. The molecule has 0 aliphatic carbocycles. The van der Waals surface area contributed by atoms with Crippen molar-refractivity contribution in [3.8, 4) is 0 Å². The maximum absolute atomic E-state index is 12.5. The second kappa shape index (κ2) is 7.21. The van der Waals surface area contributed by atoms with Crippen molar-refractivity contribution in [1.82, 2.24) is 15.3 Å². The maximum Gasteiger partial charge on any atom is 0.315 e. The van der Waals surface area contributed by atoms with Crippen molar-refractivity contribution >= 4 is 11.9 Å². The van der Waals surface area contributed by atoms with Gasteiger partial charge in [-0.05, 0) is 18.4 Å². The number of aliphatic carboxylic acids is 1. The highest BCUT2D eigenvalue weighted by Gasteiger charge is 2.35. The van der Waals surface area contributed by atoms with Crippen molar-refractivity contribution in [2.45, 2.75) is 32.1 Å². The van der Waals surface area contributed by atoms with E-state index in [0.717, 1.165) is 0 Å². The van der Waals surface area contributed by atoms with Crippen LogP contribution in [-0.4, -0.2) is 33.5 Å². The summed E-state index contributed by atoms with van der Waals surface area (Å²) in [5.41, 5.74) is 0.420. The lowest BCUT2D eigenvalue weighted by Crippen LogP contribution is -2.44. The van der Waals surface area contributed by atoms with Crippen molar-refractivity contribution in [3.05, 3.63) is 59.7 Å². The number of nitrogens with one attached hydrogen (secondary N) is 1. The van der Waals surface area contributed by atoms with Gasteiger partial charge in [-0.15, -0.1) is 0 Å². The first-order chi connectivity index (χ1) is 11.4. The van der Waals surface area contributed by atoms with Crippen LogP contribution >= 0.6 is 0 Å². The molecular formula is C18H21N3O3. The molecule has 2 N–H and O–H groups in total. The molecule has 0 radical (unpaired) electrons. The molecule has 0 fully saturated rings. The van der Waals surface area contributed by atoms with Gasteiger partial charge in [-0.1, -0.05) is 44.2 Å². The quantitative estimate of drug-likeness (QED) is 0.850. The molecule has 0 spiro atoms. The van der Waals surface area contributed by atoms with Gasteiger partial charge < -0.3 is 10.4 Å². The molecule has 1 aromatic carbocycles. The van der Waals surface area contributed by atoms with E-state index in [0.29, 0.717) is 16.8 Å². The van der Waals surface area contributed by atoms with Gasteiger partial charge in [0.1, 0.15) is 11.7 Å². The largest absolute Gasteiger partial charge is 0.481 e. The Morgan fingerprint density at radius 1 is 1.25 bits per heavy atom. The van der Waals surface area contributed by atoms with E-state index in [9.17, 15) is 14.7 Å². The Morgan fingerprint density at radius 3 is 2.50 bits per heavy atom. The second-order valence-electron chi connectivity index (χ2n) is 6.16. The lowest BCUT2D eigenvalue weighted by molar-refractivity contribution is -0.142. The van der Waals surface area contributed by atoms with Crippen LogP contribution in [0.5, 0.6) is 0 Å². The van der Waals surface area contributed by atoms with Crippen LogP contribution in [0.15, 0.2) is 42.9 Å². The van der Waals surface area contributed by atoms with Gasteiger partial charge in [0, 0.05) is 12.7 Å². The second-order valence-corrected chi connectivity index (χ2v) is 6.16. The number of hydrogen-bond acceptors (Lipinski definition) is 4. The van der Waals surface area contributed by atoms with Gasteiger partial charge in [-0.25, -0.2) is 9.97 Å². The average Bonchev–Trinajstić information content (AvgIpc) is 2.59. The Balaban J connectivity index is 2.22. The van der Waals surface area contributed by atoms with Crippen molar-refractivity contribution in [2.75, 3.05) is 6.54 Å². The van der Waals surface area contributed by atoms with Gasteiger partial charge in [-0.3, -0.25) is 9.59 Å². The normalized spacial score (nSPS) is 13.3. The maximum atomic E-state index is 12.5. The molecule has 0 saturated heterocycles. The number of carbonyl (C=O) groups excluding carboxylic acids is 1. The Kier molecular flexibility index (Phi) is 5.28. The number of carboxylic acids is 1. The summed E-state index contributed by atoms with van der Waals surface area (Å²) in [4.78, 5) is 32.3. The Bertz CT molecular complexity index is 731. The molecule has 1 amide bonds. The fourth-order valence-corrected chi connectivity index (χ4v) is 2.43. The summed E-state index contributed by atoms with van der Waals surface area (Å²) < 4.78 is 0. The number of nitrogens with zero attached hydrogens (tertiary/aromatic N) is 2. The molecule has 2 rings (SSSR count). The monoisotopic (exact) mass is 327 g/mol. The first-order valence-corrected chi connectivity index (χ1v) is 7.73. The van der Waals surface area contributed by atoms with E-state index in [1.165, 1.54) is 12.5 Å². The number of hydrogen-bond donors (Lipinski definition) is 2. The summed E-state index contributed by atoms with van der Waals surface area (Å²) >= 11 is 0. The third-order valence-electron chi connectivity index (χ3n) is 4.02. The van der Waals surface area contributed by atoms with Crippen molar-refractivity contribution in [3.63, 3.8) is 0 Å². The lowest BCUT2D eigenvalue weighted by Gasteiger charge is -2.26. The molecule has 1 heterocycles. The van der Waals surface area contributed by atoms with Crippen LogP contribution in [0.2, 0.25) is 0 Å². The number of rotatable bonds is 6. The standard InChI is InChI=1S/C18H21N3O3/c1-12(2)15-14(9-19-11-21-15)16(22)20-10-18(3,17(23)24)13-7-5-4-6-8-13/h4-9,11-12H,10H2,1-3H3,(H,20,22)(H,23,24). The number of amides is 1. The third-order valence-corrected chi connectivity index (χ3v) is 4.02. The molecule has 0 aliphatic heterocycles. The Labute approximate surface area is 141 Å². The first-order valence-electron chi connectivity index (χ1n) is 7.73. The Morgan fingerprint density at radius 2 is 1.92 bits per heavy atom. The van der Waals surface area contributed by atoms with Crippen LogP contribution in [0.4, 0.5) is 0 Å². The highest BCUT2D eigenvalue weighted by molar-refractivity contribution is 5.95. The SMILES string of the molecule is CC(C)c1ncncc1C(=O)NCC(C)(C(=O)O)c1ccccc1. The molecule has 126 valence electrons. The number of aromatic nitrogens is 2. The fourth-order valence-electron chi connectivity index (χ4n) is 2.43. The van der Waals surface area contributed by atoms with Gasteiger partial charge in [-0.2, -0.15) is 0 Å². The van der Waals surface area contributed by atoms with E-state index >= 15 is 0 Å². The topological polar surface area (TPSA) is 92.2 Å². The van der Waals surface area contributed by atoms with Gasteiger partial charge in [0.2, 0.25) is 0 Å². The molecule has 0 aliphatic rings. The van der Waals surface area contributed by atoms with Crippen LogP contribution in [0.25, 0.3) is 0 Å². The minimum Gasteiger partial charge on any atom is -0.481 e. The highest BCUT2D eigenvalue weighted by Crippen LogP contribution is 2.24. The van der Waals surface area contributed by atoms with E-state index in [2.05, 4.69) is 15.3 Å². The highest BCUT2D eigenvalue weighted by atomic mass is 16.4. The van der Waals surface area contributed by atoms with E-state index in [4.69, 9.17) is 0 Å². The van der Waals surface area contributed by atoms with Gasteiger partial charge in [0.15, 0.2) is 0 Å². The fraction of sp³-hybridized carbons (Fsp3) is 0.333. The van der Waals surface area contributed by atoms with Crippen molar-refractivity contribution < 1.29 is 14.7 Å². The van der Waals surface area contributed by atoms with Gasteiger partial charge in [0.05, 0.1) is 11.3 Å². The molecule has 6 nitrogen and oxygen atoms in total.